The molecule has 6 N–H and O–H groups in total. The predicted molar refractivity (Wildman–Crippen MR) is 102 cm³/mol. The van der Waals surface area contributed by atoms with E-state index in [0.717, 1.165) is 23.0 Å². The van der Waals surface area contributed by atoms with E-state index >= 15 is 0 Å². The zero-order valence-corrected chi connectivity index (χ0v) is 15.6. The van der Waals surface area contributed by atoms with Crippen LogP contribution in [0, 0.1) is 0 Å². The van der Waals surface area contributed by atoms with Crippen molar-refractivity contribution in [2.75, 3.05) is 12.4 Å². The molecule has 0 aromatic heterocycles. The van der Waals surface area contributed by atoms with Crippen molar-refractivity contribution in [1.82, 2.24) is 10.2 Å². The molecule has 1 spiro atoms. The Morgan fingerprint density at radius 2 is 2.12 bits per heavy atom. The van der Waals surface area contributed by atoms with Crippen molar-refractivity contribution >= 4 is 39.6 Å². The van der Waals surface area contributed by atoms with E-state index in [0.29, 0.717) is 24.8 Å². The molecule has 25 heavy (non-hydrogen) atoms. The lowest BCUT2D eigenvalue weighted by atomic mass is 9.85. The Labute approximate surface area is 154 Å². The number of nitrogens with two attached hydrogens (primary N) is 2. The lowest BCUT2D eigenvalue weighted by Gasteiger charge is -2.39. The van der Waals surface area contributed by atoms with Crippen LogP contribution in [0.15, 0.2) is 38.7 Å². The number of hydrogen-bond donors (Lipinski definition) is 4. The van der Waals surface area contributed by atoms with Gasteiger partial charge in [-0.2, -0.15) is 0 Å². The zero-order valence-electron chi connectivity index (χ0n) is 14.0. The Kier molecular flexibility index (Phi) is 4.85. The number of nitrogens with zero attached hydrogens (tertiary/aromatic N) is 3. The summed E-state index contributed by atoms with van der Waals surface area (Å²) in [5, 5.41) is 6.21. The quantitative estimate of drug-likeness (QED) is 0.596. The summed E-state index contributed by atoms with van der Waals surface area (Å²) in [5.41, 5.74) is 11.7. The molecule has 8 nitrogen and oxygen atoms in total. The number of carbonyl (C=O) groups excluding carboxylic acids is 1. The van der Waals surface area contributed by atoms with Gasteiger partial charge in [-0.25, -0.2) is 14.8 Å². The molecule has 1 aromatic rings. The van der Waals surface area contributed by atoms with E-state index in [1.807, 2.05) is 24.3 Å². The van der Waals surface area contributed by atoms with Gasteiger partial charge < -0.3 is 21.7 Å². The average Bonchev–Trinajstić information content (AvgIpc) is 2.54. The third-order valence-electron chi connectivity index (χ3n) is 4.63. The third kappa shape index (κ3) is 4.04. The molecule has 1 aliphatic heterocycles. The first kappa shape index (κ1) is 17.5. The minimum absolute atomic E-state index is 0.117. The Morgan fingerprint density at radius 3 is 2.76 bits per heavy atom. The Morgan fingerprint density at radius 1 is 1.40 bits per heavy atom. The Bertz CT molecular complexity index is 725. The maximum Gasteiger partial charge on any atom is 0.314 e. The van der Waals surface area contributed by atoms with Crippen LogP contribution in [0.4, 0.5) is 10.5 Å². The molecule has 1 aromatic carbocycles. The minimum Gasteiger partial charge on any atom is -0.370 e. The van der Waals surface area contributed by atoms with Crippen molar-refractivity contribution in [2.24, 2.45) is 21.5 Å². The van der Waals surface area contributed by atoms with Crippen LogP contribution >= 0.6 is 15.9 Å². The number of guanidine groups is 2. The summed E-state index contributed by atoms with van der Waals surface area (Å²) in [6, 6.07) is 7.50. The Hall–Kier alpha value is -2.29. The summed E-state index contributed by atoms with van der Waals surface area (Å²) >= 11 is 3.45. The number of rotatable bonds is 2. The van der Waals surface area contributed by atoms with Crippen molar-refractivity contribution in [3.63, 3.8) is 0 Å². The predicted octanol–water partition coefficient (Wildman–Crippen LogP) is 1.78. The third-order valence-corrected chi connectivity index (χ3v) is 5.13. The van der Waals surface area contributed by atoms with Crippen molar-refractivity contribution in [2.45, 2.75) is 37.4 Å². The normalized spacial score (nSPS) is 25.6. The number of hydrogen-bond acceptors (Lipinski definition) is 6. The van der Waals surface area contributed by atoms with Gasteiger partial charge in [0.25, 0.3) is 0 Å². The monoisotopic (exact) mass is 407 g/mol. The second-order valence-electron chi connectivity index (χ2n) is 6.38. The number of benzene rings is 1. The van der Waals surface area contributed by atoms with Gasteiger partial charge in [-0.15, -0.1) is 0 Å². The molecule has 1 saturated carbocycles. The van der Waals surface area contributed by atoms with E-state index in [-0.39, 0.29) is 6.04 Å². The number of halogens is 1. The van der Waals surface area contributed by atoms with Gasteiger partial charge in [0.05, 0.1) is 0 Å². The van der Waals surface area contributed by atoms with Crippen LogP contribution in [0.3, 0.4) is 0 Å². The first-order chi connectivity index (χ1) is 11.9. The highest BCUT2D eigenvalue weighted by molar-refractivity contribution is 9.10. The molecule has 0 bridgehead atoms. The van der Waals surface area contributed by atoms with Crippen LogP contribution in [-0.2, 0) is 0 Å². The zero-order chi connectivity index (χ0) is 18.0. The van der Waals surface area contributed by atoms with E-state index in [9.17, 15) is 4.79 Å². The van der Waals surface area contributed by atoms with Crippen molar-refractivity contribution in [3.8, 4) is 0 Å². The van der Waals surface area contributed by atoms with Gasteiger partial charge in [0.2, 0.25) is 5.96 Å². The summed E-state index contributed by atoms with van der Waals surface area (Å²) < 4.78 is 0.972. The molecular formula is C16H22BrN7O. The van der Waals surface area contributed by atoms with Gasteiger partial charge in [0.1, 0.15) is 0 Å². The number of primary amides is 1. The van der Waals surface area contributed by atoms with E-state index in [1.54, 1.807) is 11.9 Å². The lowest BCUT2D eigenvalue weighted by Crippen LogP contribution is -2.51. The maximum absolute atomic E-state index is 11.4. The van der Waals surface area contributed by atoms with Crippen LogP contribution in [0.1, 0.15) is 25.7 Å². The molecule has 1 fully saturated rings. The number of amides is 2. The summed E-state index contributed by atoms with van der Waals surface area (Å²) in [7, 11) is 1.73. The number of urea groups is 1. The van der Waals surface area contributed by atoms with E-state index in [2.05, 4.69) is 31.6 Å². The second-order valence-corrected chi connectivity index (χ2v) is 7.30. The molecule has 2 amide bonds. The van der Waals surface area contributed by atoms with E-state index < -0.39 is 11.7 Å². The highest BCUT2D eigenvalue weighted by Crippen LogP contribution is 2.36. The topological polar surface area (TPSA) is 121 Å². The largest absolute Gasteiger partial charge is 0.370 e. The molecule has 0 unspecified atom stereocenters. The maximum atomic E-state index is 11.4. The van der Waals surface area contributed by atoms with Crippen molar-refractivity contribution in [3.05, 3.63) is 28.7 Å². The van der Waals surface area contributed by atoms with Gasteiger partial charge in [-0.05, 0) is 43.9 Å². The fourth-order valence-electron chi connectivity index (χ4n) is 3.25. The van der Waals surface area contributed by atoms with Crippen LogP contribution in [0.5, 0.6) is 0 Å². The second kappa shape index (κ2) is 6.91. The van der Waals surface area contributed by atoms with Crippen LogP contribution in [0.25, 0.3) is 0 Å². The number of nitrogens with one attached hydrogen (secondary N) is 2. The first-order valence-electron chi connectivity index (χ1n) is 8.14. The summed E-state index contributed by atoms with van der Waals surface area (Å²) in [4.78, 5) is 22.2. The smallest absolute Gasteiger partial charge is 0.314 e. The molecule has 3 rings (SSSR count). The van der Waals surface area contributed by atoms with E-state index in [4.69, 9.17) is 16.5 Å². The molecule has 2 aliphatic rings. The summed E-state index contributed by atoms with van der Waals surface area (Å²) in [6.45, 7) is 0. The molecule has 134 valence electrons. The lowest BCUT2D eigenvalue weighted by molar-refractivity contribution is 0.160. The molecule has 0 atom stereocenters. The molecule has 9 heteroatoms. The molecule has 0 radical (unpaired) electrons. The first-order valence-corrected chi connectivity index (χ1v) is 8.93. The standard InChI is InChI=1S/C16H22BrN7O/c1-24(14(19)25)12-5-7-16(8-6-12)22-13(18)21-15(23-16)20-11-4-2-3-10(17)9-11/h2-4,9,12H,5-8H2,1H3,(H2,19,25)(H4,18,20,21,22,23). The van der Waals surface area contributed by atoms with Crippen molar-refractivity contribution in [1.29, 1.82) is 0 Å². The molecule has 0 saturated heterocycles. The van der Waals surface area contributed by atoms with Crippen LogP contribution < -0.4 is 22.1 Å². The van der Waals surface area contributed by atoms with Gasteiger partial charge in [0.15, 0.2) is 11.6 Å². The fourth-order valence-corrected chi connectivity index (χ4v) is 3.65. The van der Waals surface area contributed by atoms with Crippen molar-refractivity contribution < 1.29 is 4.79 Å². The highest BCUT2D eigenvalue weighted by Gasteiger charge is 2.39. The van der Waals surface area contributed by atoms with Gasteiger partial charge in [-0.3, -0.25) is 5.32 Å². The Balaban J connectivity index is 1.74. The van der Waals surface area contributed by atoms with Crippen LogP contribution in [-0.4, -0.2) is 41.6 Å². The summed E-state index contributed by atoms with van der Waals surface area (Å²) in [6.07, 6.45) is 2.98. The van der Waals surface area contributed by atoms with Gasteiger partial charge in [-0.1, -0.05) is 22.0 Å². The van der Waals surface area contributed by atoms with Gasteiger partial charge in [0, 0.05) is 23.2 Å². The number of aliphatic imine (C=N–C) groups is 2. The number of carbonyl (C=O) groups is 1. The van der Waals surface area contributed by atoms with E-state index in [1.165, 1.54) is 0 Å². The number of anilines is 1. The minimum atomic E-state index is -0.585. The molecule has 1 aliphatic carbocycles. The fraction of sp³-hybridized carbons (Fsp3) is 0.438. The molecule has 1 heterocycles. The SMILES string of the molecule is CN(C(N)=O)C1CCC2(CC1)N=C(N)NC(Nc1cccc(Br)c1)=N2. The average molecular weight is 408 g/mol. The van der Waals surface area contributed by atoms with Gasteiger partial charge >= 0.3 is 6.03 Å². The molecular weight excluding hydrogens is 386 g/mol. The summed E-state index contributed by atoms with van der Waals surface area (Å²) in [5.74, 6) is 0.918. The van der Waals surface area contributed by atoms with Crippen LogP contribution in [0.2, 0.25) is 0 Å². The highest BCUT2D eigenvalue weighted by atomic mass is 79.9.